The summed E-state index contributed by atoms with van der Waals surface area (Å²) in [7, 11) is 0. The SMILES string of the molecule is c1ccc2cc3ccccc3cc2c1.c1ccccc1. The molecule has 0 saturated heterocycles. The van der Waals surface area contributed by atoms with Crippen LogP contribution in [-0.2, 0) is 0 Å². The van der Waals surface area contributed by atoms with Gasteiger partial charge in [-0.05, 0) is 33.7 Å². The van der Waals surface area contributed by atoms with E-state index in [2.05, 4.69) is 60.7 Å². The molecule has 0 aliphatic rings. The molecule has 0 heteroatoms. The van der Waals surface area contributed by atoms with E-state index in [1.165, 1.54) is 21.5 Å². The monoisotopic (exact) mass is 256 g/mol. The molecule has 0 bridgehead atoms. The molecule has 4 aromatic rings. The van der Waals surface area contributed by atoms with Crippen LogP contribution in [0, 0.1) is 0 Å². The molecule has 96 valence electrons. The van der Waals surface area contributed by atoms with Crippen molar-refractivity contribution in [3.8, 4) is 0 Å². The topological polar surface area (TPSA) is 0 Å². The zero-order chi connectivity index (χ0) is 13.6. The summed E-state index contributed by atoms with van der Waals surface area (Å²) in [5, 5.41) is 5.25. The normalized spacial score (nSPS) is 10.0. The van der Waals surface area contributed by atoms with Crippen LogP contribution < -0.4 is 0 Å². The number of benzene rings is 4. The molecular formula is C20H16. The Bertz CT molecular complexity index is 669. The van der Waals surface area contributed by atoms with Crippen LogP contribution in [0.2, 0.25) is 0 Å². The van der Waals surface area contributed by atoms with Gasteiger partial charge in [0.05, 0.1) is 0 Å². The van der Waals surface area contributed by atoms with E-state index in [0.717, 1.165) is 0 Å². The quantitative estimate of drug-likeness (QED) is 0.355. The first-order valence-electron chi connectivity index (χ1n) is 6.81. The molecular weight excluding hydrogens is 240 g/mol. The lowest BCUT2D eigenvalue weighted by molar-refractivity contribution is 1.72. The van der Waals surface area contributed by atoms with Gasteiger partial charge in [-0.3, -0.25) is 0 Å². The van der Waals surface area contributed by atoms with Crippen molar-refractivity contribution in [2.45, 2.75) is 0 Å². The van der Waals surface area contributed by atoms with E-state index in [4.69, 9.17) is 0 Å². The average molecular weight is 256 g/mol. The number of rotatable bonds is 0. The molecule has 0 heterocycles. The fourth-order valence-electron chi connectivity index (χ4n) is 2.27. The maximum atomic E-state index is 2.24. The molecule has 0 aromatic heterocycles. The molecule has 0 radical (unpaired) electrons. The molecule has 0 spiro atoms. The maximum Gasteiger partial charge on any atom is -0.0178 e. The van der Waals surface area contributed by atoms with E-state index in [9.17, 15) is 0 Å². The van der Waals surface area contributed by atoms with E-state index in [-0.39, 0.29) is 0 Å². The van der Waals surface area contributed by atoms with Crippen LogP contribution in [0.5, 0.6) is 0 Å². The zero-order valence-corrected chi connectivity index (χ0v) is 11.2. The minimum absolute atomic E-state index is 1.31. The Labute approximate surface area is 119 Å². The van der Waals surface area contributed by atoms with Crippen LogP contribution in [0.15, 0.2) is 97.1 Å². The van der Waals surface area contributed by atoms with Gasteiger partial charge in [-0.1, -0.05) is 84.9 Å². The fourth-order valence-corrected chi connectivity index (χ4v) is 2.27. The van der Waals surface area contributed by atoms with Gasteiger partial charge in [-0.15, -0.1) is 0 Å². The van der Waals surface area contributed by atoms with Gasteiger partial charge in [0.25, 0.3) is 0 Å². The van der Waals surface area contributed by atoms with Crippen molar-refractivity contribution in [1.82, 2.24) is 0 Å². The minimum atomic E-state index is 1.31. The number of hydrogen-bond donors (Lipinski definition) is 0. The van der Waals surface area contributed by atoms with E-state index in [0.29, 0.717) is 0 Å². The van der Waals surface area contributed by atoms with Crippen molar-refractivity contribution >= 4 is 21.5 Å². The predicted octanol–water partition coefficient (Wildman–Crippen LogP) is 5.68. The van der Waals surface area contributed by atoms with Crippen LogP contribution in [0.25, 0.3) is 21.5 Å². The third kappa shape index (κ3) is 2.86. The Morgan fingerprint density at radius 3 is 0.800 bits per heavy atom. The Balaban J connectivity index is 0.000000170. The first kappa shape index (κ1) is 12.4. The molecule has 0 N–H and O–H groups in total. The van der Waals surface area contributed by atoms with Crippen LogP contribution in [0.4, 0.5) is 0 Å². The summed E-state index contributed by atoms with van der Waals surface area (Å²) in [5.41, 5.74) is 0. The van der Waals surface area contributed by atoms with Gasteiger partial charge in [-0.25, -0.2) is 0 Å². The van der Waals surface area contributed by atoms with E-state index >= 15 is 0 Å². The Hall–Kier alpha value is -2.60. The van der Waals surface area contributed by atoms with Gasteiger partial charge in [0.2, 0.25) is 0 Å². The minimum Gasteiger partial charge on any atom is -0.0623 e. The molecule has 0 saturated carbocycles. The largest absolute Gasteiger partial charge is 0.0623 e. The van der Waals surface area contributed by atoms with Gasteiger partial charge >= 0.3 is 0 Å². The lowest BCUT2D eigenvalue weighted by Gasteiger charge is -2.00. The van der Waals surface area contributed by atoms with Crippen molar-refractivity contribution in [3.63, 3.8) is 0 Å². The fraction of sp³-hybridized carbons (Fsp3) is 0. The average Bonchev–Trinajstić information content (AvgIpc) is 2.55. The highest BCUT2D eigenvalue weighted by Crippen LogP contribution is 2.21. The van der Waals surface area contributed by atoms with Gasteiger partial charge in [0.15, 0.2) is 0 Å². The molecule has 0 aliphatic heterocycles. The summed E-state index contributed by atoms with van der Waals surface area (Å²) in [6.45, 7) is 0. The standard InChI is InChI=1S/C14H10.C6H6/c1-2-6-12-10-14-8-4-3-7-13(14)9-11(12)5-1;1-2-4-6-5-3-1/h1-10H;1-6H. The summed E-state index contributed by atoms with van der Waals surface area (Å²) in [5.74, 6) is 0. The highest BCUT2D eigenvalue weighted by Gasteiger charge is 1.95. The van der Waals surface area contributed by atoms with Gasteiger partial charge < -0.3 is 0 Å². The molecule has 0 fully saturated rings. The third-order valence-corrected chi connectivity index (χ3v) is 3.28. The highest BCUT2D eigenvalue weighted by molar-refractivity contribution is 5.98. The molecule has 0 unspecified atom stereocenters. The molecule has 0 nitrogen and oxygen atoms in total. The first-order valence-corrected chi connectivity index (χ1v) is 6.81. The van der Waals surface area contributed by atoms with Crippen LogP contribution in [-0.4, -0.2) is 0 Å². The molecule has 0 atom stereocenters. The van der Waals surface area contributed by atoms with Gasteiger partial charge in [-0.2, -0.15) is 0 Å². The Morgan fingerprint density at radius 2 is 0.550 bits per heavy atom. The molecule has 0 aliphatic carbocycles. The van der Waals surface area contributed by atoms with E-state index in [1.54, 1.807) is 0 Å². The van der Waals surface area contributed by atoms with Gasteiger partial charge in [0.1, 0.15) is 0 Å². The summed E-state index contributed by atoms with van der Waals surface area (Å²) < 4.78 is 0. The molecule has 20 heavy (non-hydrogen) atoms. The summed E-state index contributed by atoms with van der Waals surface area (Å²) >= 11 is 0. The van der Waals surface area contributed by atoms with Crippen molar-refractivity contribution in [3.05, 3.63) is 97.1 Å². The number of fused-ring (bicyclic) bond motifs is 2. The Kier molecular flexibility index (Phi) is 3.75. The smallest absolute Gasteiger partial charge is 0.0178 e. The third-order valence-electron chi connectivity index (χ3n) is 3.28. The van der Waals surface area contributed by atoms with Crippen LogP contribution in [0.1, 0.15) is 0 Å². The maximum absolute atomic E-state index is 2.24. The highest BCUT2D eigenvalue weighted by atomic mass is 14.0. The second kappa shape index (κ2) is 6.03. The van der Waals surface area contributed by atoms with Crippen molar-refractivity contribution in [2.24, 2.45) is 0 Å². The van der Waals surface area contributed by atoms with Gasteiger partial charge in [0, 0.05) is 0 Å². The lowest BCUT2D eigenvalue weighted by Crippen LogP contribution is -1.74. The van der Waals surface area contributed by atoms with Crippen molar-refractivity contribution in [1.29, 1.82) is 0 Å². The lowest BCUT2D eigenvalue weighted by atomic mass is 10.0. The summed E-state index contributed by atoms with van der Waals surface area (Å²) in [6, 6.07) is 33.4. The van der Waals surface area contributed by atoms with Crippen molar-refractivity contribution in [2.75, 3.05) is 0 Å². The van der Waals surface area contributed by atoms with Crippen LogP contribution >= 0.6 is 0 Å². The molecule has 4 aromatic carbocycles. The second-order valence-electron chi connectivity index (χ2n) is 4.70. The van der Waals surface area contributed by atoms with Crippen molar-refractivity contribution < 1.29 is 0 Å². The first-order chi connectivity index (χ1) is 9.93. The summed E-state index contributed by atoms with van der Waals surface area (Å²) in [6.07, 6.45) is 0. The zero-order valence-electron chi connectivity index (χ0n) is 11.2. The Morgan fingerprint density at radius 1 is 0.300 bits per heavy atom. The van der Waals surface area contributed by atoms with E-state index < -0.39 is 0 Å². The van der Waals surface area contributed by atoms with Crippen LogP contribution in [0.3, 0.4) is 0 Å². The predicted molar refractivity (Wildman–Crippen MR) is 87.9 cm³/mol. The molecule has 4 rings (SSSR count). The second-order valence-corrected chi connectivity index (χ2v) is 4.70. The molecule has 0 amide bonds. The number of hydrogen-bond acceptors (Lipinski definition) is 0. The summed E-state index contributed by atoms with van der Waals surface area (Å²) in [4.78, 5) is 0. The van der Waals surface area contributed by atoms with E-state index in [1.807, 2.05) is 36.4 Å².